The molecule has 0 bridgehead atoms. The number of hydrogen-bond acceptors (Lipinski definition) is 2. The lowest BCUT2D eigenvalue weighted by Crippen LogP contribution is -2.25. The summed E-state index contributed by atoms with van der Waals surface area (Å²) in [6.07, 6.45) is -3.64. The van der Waals surface area contributed by atoms with E-state index in [9.17, 15) is 26.7 Å². The summed E-state index contributed by atoms with van der Waals surface area (Å²) >= 11 is 0. The van der Waals surface area contributed by atoms with Gasteiger partial charge in [-0.1, -0.05) is 6.08 Å². The number of benzene rings is 1. The summed E-state index contributed by atoms with van der Waals surface area (Å²) in [5, 5.41) is 0. The number of carbonyl (C=O) groups excluding carboxylic acids is 1. The van der Waals surface area contributed by atoms with Crippen LogP contribution in [-0.4, -0.2) is 36.8 Å². The van der Waals surface area contributed by atoms with Crippen molar-refractivity contribution in [3.63, 3.8) is 0 Å². The molecule has 3 nitrogen and oxygen atoms in total. The van der Waals surface area contributed by atoms with Gasteiger partial charge in [0.1, 0.15) is 19.1 Å². The standard InChI is InChI=1S/C17H18F5NO2/c1-2-14(23-7-3-4-16(23)24)13-8-11(17(20,21)22)5-6-15(13)25-12(9-18)10-19/h2,5-6,8,12H,3-4,7,9-10H2,1H3/b14-2+. The summed E-state index contributed by atoms with van der Waals surface area (Å²) in [6, 6.07) is 2.65. The second kappa shape index (κ2) is 7.84. The van der Waals surface area contributed by atoms with E-state index in [1.165, 1.54) is 11.0 Å². The molecule has 2 rings (SSSR count). The zero-order valence-electron chi connectivity index (χ0n) is 13.6. The van der Waals surface area contributed by atoms with Gasteiger partial charge in [-0.3, -0.25) is 4.79 Å². The van der Waals surface area contributed by atoms with Crippen LogP contribution in [0.1, 0.15) is 30.9 Å². The van der Waals surface area contributed by atoms with Gasteiger partial charge in [0, 0.05) is 18.5 Å². The number of carbonyl (C=O) groups is 1. The monoisotopic (exact) mass is 363 g/mol. The van der Waals surface area contributed by atoms with Crippen molar-refractivity contribution in [2.45, 2.75) is 32.0 Å². The molecular weight excluding hydrogens is 345 g/mol. The van der Waals surface area contributed by atoms with Gasteiger partial charge < -0.3 is 9.64 Å². The third kappa shape index (κ3) is 4.29. The molecule has 25 heavy (non-hydrogen) atoms. The largest absolute Gasteiger partial charge is 0.484 e. The highest BCUT2D eigenvalue weighted by Gasteiger charge is 2.33. The molecule has 0 aromatic heterocycles. The molecule has 138 valence electrons. The van der Waals surface area contributed by atoms with E-state index in [0.717, 1.165) is 18.2 Å². The van der Waals surface area contributed by atoms with Crippen molar-refractivity contribution in [1.82, 2.24) is 4.90 Å². The van der Waals surface area contributed by atoms with Crippen LogP contribution in [0, 0.1) is 0 Å². The van der Waals surface area contributed by atoms with Crippen molar-refractivity contribution in [3.8, 4) is 5.75 Å². The summed E-state index contributed by atoms with van der Waals surface area (Å²) < 4.78 is 69.9. The summed E-state index contributed by atoms with van der Waals surface area (Å²) in [4.78, 5) is 13.3. The third-order valence-electron chi connectivity index (χ3n) is 3.86. The molecule has 1 aromatic rings. The van der Waals surface area contributed by atoms with Crippen molar-refractivity contribution in [2.75, 3.05) is 19.9 Å². The molecule has 0 unspecified atom stereocenters. The number of allylic oxidation sites excluding steroid dienone is 1. The molecule has 1 aliphatic heterocycles. The Morgan fingerprint density at radius 3 is 2.48 bits per heavy atom. The Hall–Kier alpha value is -2.12. The van der Waals surface area contributed by atoms with Crippen molar-refractivity contribution in [1.29, 1.82) is 0 Å². The van der Waals surface area contributed by atoms with E-state index in [-0.39, 0.29) is 22.9 Å². The minimum absolute atomic E-state index is 0.0144. The van der Waals surface area contributed by atoms with Gasteiger partial charge >= 0.3 is 6.18 Å². The number of rotatable bonds is 6. The van der Waals surface area contributed by atoms with Crippen LogP contribution in [0.3, 0.4) is 0 Å². The lowest BCUT2D eigenvalue weighted by molar-refractivity contribution is -0.137. The van der Waals surface area contributed by atoms with Crippen molar-refractivity contribution in [2.24, 2.45) is 0 Å². The second-order valence-electron chi connectivity index (χ2n) is 5.58. The molecule has 1 aromatic carbocycles. The Labute approximate surface area is 142 Å². The molecule has 0 saturated carbocycles. The fourth-order valence-electron chi connectivity index (χ4n) is 2.65. The molecule has 8 heteroatoms. The van der Waals surface area contributed by atoms with Gasteiger partial charge in [0.2, 0.25) is 5.91 Å². The van der Waals surface area contributed by atoms with E-state index in [1.807, 2.05) is 0 Å². The van der Waals surface area contributed by atoms with E-state index in [0.29, 0.717) is 19.4 Å². The highest BCUT2D eigenvalue weighted by Crippen LogP contribution is 2.37. The Morgan fingerprint density at radius 2 is 2.00 bits per heavy atom. The van der Waals surface area contributed by atoms with Crippen LogP contribution < -0.4 is 4.74 Å². The molecule has 1 aliphatic rings. The van der Waals surface area contributed by atoms with Crippen molar-refractivity contribution in [3.05, 3.63) is 35.4 Å². The molecule has 1 amide bonds. The predicted molar refractivity (Wildman–Crippen MR) is 82.4 cm³/mol. The Bertz CT molecular complexity index is 653. The number of likely N-dealkylation sites (tertiary alicyclic amines) is 1. The number of halogens is 5. The first-order valence-corrected chi connectivity index (χ1v) is 7.78. The van der Waals surface area contributed by atoms with Crippen molar-refractivity contribution < 1.29 is 31.5 Å². The fraction of sp³-hybridized carbons (Fsp3) is 0.471. The minimum atomic E-state index is -4.60. The number of hydrogen-bond donors (Lipinski definition) is 0. The van der Waals surface area contributed by atoms with Gasteiger partial charge in [0.15, 0.2) is 6.10 Å². The van der Waals surface area contributed by atoms with Crippen LogP contribution in [0.25, 0.3) is 5.70 Å². The Morgan fingerprint density at radius 1 is 1.32 bits per heavy atom. The van der Waals surface area contributed by atoms with Crippen LogP contribution in [0.4, 0.5) is 22.0 Å². The topological polar surface area (TPSA) is 29.5 Å². The molecule has 1 saturated heterocycles. The third-order valence-corrected chi connectivity index (χ3v) is 3.86. The fourth-order valence-corrected chi connectivity index (χ4v) is 2.65. The quantitative estimate of drug-likeness (QED) is 0.702. The van der Waals surface area contributed by atoms with Gasteiger partial charge in [0.25, 0.3) is 0 Å². The molecule has 1 heterocycles. The maximum atomic E-state index is 13.1. The molecular formula is C17H18F5NO2. The number of ether oxygens (including phenoxy) is 1. The summed E-state index contributed by atoms with van der Waals surface area (Å²) in [5.74, 6) is -0.315. The molecule has 0 aliphatic carbocycles. The highest BCUT2D eigenvalue weighted by molar-refractivity contribution is 5.89. The summed E-state index contributed by atoms with van der Waals surface area (Å²) in [7, 11) is 0. The zero-order chi connectivity index (χ0) is 18.6. The van der Waals surface area contributed by atoms with E-state index in [1.54, 1.807) is 6.92 Å². The number of nitrogens with zero attached hydrogens (tertiary/aromatic N) is 1. The normalized spacial score (nSPS) is 16.0. The van der Waals surface area contributed by atoms with Gasteiger partial charge in [-0.25, -0.2) is 8.78 Å². The average molecular weight is 363 g/mol. The zero-order valence-corrected chi connectivity index (χ0v) is 13.6. The SMILES string of the molecule is C/C=C(\c1cc(C(F)(F)F)ccc1OC(CF)CF)N1CCCC1=O. The van der Waals surface area contributed by atoms with Gasteiger partial charge in [0.05, 0.1) is 11.3 Å². The van der Waals surface area contributed by atoms with Crippen LogP contribution in [0.15, 0.2) is 24.3 Å². The van der Waals surface area contributed by atoms with Crippen LogP contribution in [0.5, 0.6) is 5.75 Å². The smallest absolute Gasteiger partial charge is 0.416 e. The van der Waals surface area contributed by atoms with Crippen LogP contribution >= 0.6 is 0 Å². The summed E-state index contributed by atoms with van der Waals surface area (Å²) in [5.41, 5.74) is -0.711. The maximum absolute atomic E-state index is 13.1. The average Bonchev–Trinajstić information content (AvgIpc) is 2.99. The summed E-state index contributed by atoms with van der Waals surface area (Å²) in [6.45, 7) is -0.299. The van der Waals surface area contributed by atoms with Gasteiger partial charge in [-0.15, -0.1) is 0 Å². The van der Waals surface area contributed by atoms with E-state index in [2.05, 4.69) is 0 Å². The van der Waals surface area contributed by atoms with Crippen LogP contribution in [0.2, 0.25) is 0 Å². The number of amides is 1. The Balaban J connectivity index is 2.51. The number of alkyl halides is 5. The maximum Gasteiger partial charge on any atom is 0.416 e. The highest BCUT2D eigenvalue weighted by atomic mass is 19.4. The molecule has 1 fully saturated rings. The molecule has 0 atom stereocenters. The molecule has 0 radical (unpaired) electrons. The molecule has 0 spiro atoms. The second-order valence-corrected chi connectivity index (χ2v) is 5.58. The van der Waals surface area contributed by atoms with Crippen molar-refractivity contribution >= 4 is 11.6 Å². The minimum Gasteiger partial charge on any atom is -0.484 e. The van der Waals surface area contributed by atoms with E-state index < -0.39 is 31.2 Å². The first-order chi connectivity index (χ1) is 11.8. The lowest BCUT2D eigenvalue weighted by Gasteiger charge is -2.24. The van der Waals surface area contributed by atoms with Gasteiger partial charge in [-0.05, 0) is 31.5 Å². The lowest BCUT2D eigenvalue weighted by atomic mass is 10.0. The van der Waals surface area contributed by atoms with E-state index >= 15 is 0 Å². The molecule has 0 N–H and O–H groups in total. The first kappa shape index (κ1) is 19.2. The van der Waals surface area contributed by atoms with Gasteiger partial charge in [-0.2, -0.15) is 13.2 Å². The first-order valence-electron chi connectivity index (χ1n) is 7.78. The van der Waals surface area contributed by atoms with E-state index in [4.69, 9.17) is 4.74 Å². The predicted octanol–water partition coefficient (Wildman–Crippen LogP) is 4.38. The Kier molecular flexibility index (Phi) is 6.02. The van der Waals surface area contributed by atoms with Crippen LogP contribution in [-0.2, 0) is 11.0 Å².